The van der Waals surface area contributed by atoms with Crippen LogP contribution in [0, 0.1) is 0 Å². The molecule has 0 radical (unpaired) electrons. The second-order valence-electron chi connectivity index (χ2n) is 3.84. The molecule has 1 aromatic heterocycles. The summed E-state index contributed by atoms with van der Waals surface area (Å²) in [6, 6.07) is 3.11. The molecule has 18 heavy (non-hydrogen) atoms. The molecule has 2 heterocycles. The van der Waals surface area contributed by atoms with E-state index in [0.717, 1.165) is 0 Å². The number of imide groups is 1. The molecule has 0 saturated carbocycles. The normalized spacial score (nSPS) is 15.9. The Morgan fingerprint density at radius 3 is 2.83 bits per heavy atom. The van der Waals surface area contributed by atoms with Gasteiger partial charge >= 0.3 is 115 Å². The van der Waals surface area contributed by atoms with E-state index in [1.54, 1.807) is 15.0 Å². The molecule has 2 rings (SSSR count). The molecule has 3 amide bonds. The zero-order valence-electron chi connectivity index (χ0n) is 9.85. The average molecular weight is 362 g/mol. The van der Waals surface area contributed by atoms with Crippen LogP contribution in [-0.2, 0) is 11.3 Å². The predicted molar refractivity (Wildman–Crippen MR) is 60.6 cm³/mol. The fourth-order valence-electron chi connectivity index (χ4n) is 1.72. The van der Waals surface area contributed by atoms with Crippen molar-refractivity contribution in [1.29, 1.82) is 0 Å². The van der Waals surface area contributed by atoms with E-state index in [0.29, 0.717) is 12.1 Å². The summed E-state index contributed by atoms with van der Waals surface area (Å²) in [6.07, 6.45) is 2.05. The van der Waals surface area contributed by atoms with Crippen LogP contribution in [-0.4, -0.2) is 31.1 Å². The van der Waals surface area contributed by atoms with Crippen LogP contribution in [0.25, 0.3) is 0 Å². The van der Waals surface area contributed by atoms with Crippen LogP contribution in [0.2, 0.25) is 0 Å². The van der Waals surface area contributed by atoms with Crippen molar-refractivity contribution in [3.05, 3.63) is 34.2 Å². The van der Waals surface area contributed by atoms with E-state index >= 15 is 0 Å². The first-order valence-electron chi connectivity index (χ1n) is 5.41. The summed E-state index contributed by atoms with van der Waals surface area (Å²) in [4.78, 5) is 38.1. The maximum absolute atomic E-state index is 12.0. The Morgan fingerprint density at radius 2 is 2.17 bits per heavy atom. The summed E-state index contributed by atoms with van der Waals surface area (Å²) in [5.41, 5.74) is 0.543. The molecule has 1 saturated heterocycles. The van der Waals surface area contributed by atoms with Gasteiger partial charge in [-0.3, -0.25) is 0 Å². The number of nitrogens with one attached hydrogen (secondary N) is 1. The van der Waals surface area contributed by atoms with Gasteiger partial charge in [0.2, 0.25) is 0 Å². The van der Waals surface area contributed by atoms with Gasteiger partial charge in [0.1, 0.15) is 0 Å². The summed E-state index contributed by atoms with van der Waals surface area (Å²) in [7, 11) is 0. The SMILES string of the molecule is C[I-]n1cccc(CN2CCC(=O)NC2=O)c1=O. The topological polar surface area (TPSA) is 71.4 Å². The van der Waals surface area contributed by atoms with E-state index in [-0.39, 0.29) is 45.9 Å². The van der Waals surface area contributed by atoms with Crippen LogP contribution in [0.4, 0.5) is 4.79 Å². The van der Waals surface area contributed by atoms with Crippen molar-refractivity contribution in [3.63, 3.8) is 0 Å². The molecule has 0 spiro atoms. The van der Waals surface area contributed by atoms with E-state index in [1.807, 2.05) is 11.0 Å². The Morgan fingerprint density at radius 1 is 1.39 bits per heavy atom. The number of urea groups is 1. The predicted octanol–water partition coefficient (Wildman–Crippen LogP) is -3.23. The fraction of sp³-hybridized carbons (Fsp3) is 0.364. The number of hydrogen-bond acceptors (Lipinski definition) is 3. The minimum atomic E-state index is -0.424. The number of aromatic nitrogens is 1. The zero-order chi connectivity index (χ0) is 13.1. The number of hydrogen-bond donors (Lipinski definition) is 1. The van der Waals surface area contributed by atoms with E-state index in [4.69, 9.17) is 0 Å². The van der Waals surface area contributed by atoms with Crippen molar-refractivity contribution in [1.82, 2.24) is 13.0 Å². The summed E-state index contributed by atoms with van der Waals surface area (Å²) in [5.74, 6) is -0.263. The molecule has 0 unspecified atom stereocenters. The number of rotatable bonds is 3. The van der Waals surface area contributed by atoms with E-state index in [1.165, 1.54) is 4.90 Å². The first kappa shape index (κ1) is 13.1. The summed E-state index contributed by atoms with van der Waals surface area (Å²) in [6.45, 7) is 0.614. The Hall–Kier alpha value is -1.38. The standard InChI is InChI=1S/C11H13IN3O3/c1-12-15-5-2-3-8(10(15)17)7-14-6-4-9(16)13-11(14)18/h2-3,5H,4,6-7H2,1H3,(H,13,16,18)/q-1. The summed E-state index contributed by atoms with van der Waals surface area (Å²) in [5, 5.41) is 2.24. The Labute approximate surface area is 115 Å². The van der Waals surface area contributed by atoms with Gasteiger partial charge in [0.15, 0.2) is 0 Å². The quantitative estimate of drug-likeness (QED) is 0.454. The third kappa shape index (κ3) is 2.71. The molecule has 98 valence electrons. The molecule has 1 aromatic rings. The zero-order valence-corrected chi connectivity index (χ0v) is 12.0. The third-order valence-corrected chi connectivity index (χ3v) is 4.47. The second kappa shape index (κ2) is 5.51. The van der Waals surface area contributed by atoms with Gasteiger partial charge in [-0.2, -0.15) is 0 Å². The van der Waals surface area contributed by atoms with Crippen molar-refractivity contribution in [2.75, 3.05) is 11.5 Å². The number of carbonyl (C=O) groups excluding carboxylic acids is 2. The molecule has 7 heteroatoms. The van der Waals surface area contributed by atoms with Gasteiger partial charge in [-0.1, -0.05) is 0 Å². The molecule has 1 fully saturated rings. The molecule has 0 aliphatic carbocycles. The first-order valence-corrected chi connectivity index (χ1v) is 8.53. The average Bonchev–Trinajstić information content (AvgIpc) is 2.35. The van der Waals surface area contributed by atoms with Gasteiger partial charge < -0.3 is 0 Å². The van der Waals surface area contributed by atoms with Gasteiger partial charge in [-0.05, 0) is 0 Å². The Bertz CT molecular complexity index is 541. The monoisotopic (exact) mass is 362 g/mol. The molecule has 0 bridgehead atoms. The van der Waals surface area contributed by atoms with E-state index in [2.05, 4.69) is 5.32 Å². The van der Waals surface area contributed by atoms with Gasteiger partial charge in [0, 0.05) is 0 Å². The minimum absolute atomic E-state index is 0.0440. The summed E-state index contributed by atoms with van der Waals surface area (Å²) >= 11 is -0.342. The van der Waals surface area contributed by atoms with Crippen LogP contribution in [0.5, 0.6) is 0 Å². The van der Waals surface area contributed by atoms with Crippen molar-refractivity contribution < 1.29 is 31.1 Å². The number of nitrogens with zero attached hydrogens (tertiary/aromatic N) is 2. The van der Waals surface area contributed by atoms with Gasteiger partial charge in [-0.25, -0.2) is 0 Å². The second-order valence-corrected chi connectivity index (χ2v) is 5.85. The third-order valence-electron chi connectivity index (χ3n) is 2.67. The van der Waals surface area contributed by atoms with Crippen LogP contribution in [0.3, 0.4) is 0 Å². The van der Waals surface area contributed by atoms with Gasteiger partial charge in [0.25, 0.3) is 0 Å². The van der Waals surface area contributed by atoms with Crippen LogP contribution >= 0.6 is 0 Å². The number of carbonyl (C=O) groups is 2. The molecule has 0 aromatic carbocycles. The number of amides is 3. The molecule has 1 aliphatic rings. The Kier molecular flexibility index (Phi) is 4.00. The number of halogens is 1. The molecular formula is C11H13IN3O3-. The van der Waals surface area contributed by atoms with Crippen LogP contribution in [0.15, 0.2) is 23.1 Å². The van der Waals surface area contributed by atoms with Gasteiger partial charge in [-0.15, -0.1) is 0 Å². The molecule has 1 aliphatic heterocycles. The first-order chi connectivity index (χ1) is 8.61. The molecule has 1 N–H and O–H groups in total. The van der Waals surface area contributed by atoms with E-state index in [9.17, 15) is 14.4 Å². The molecule has 0 atom stereocenters. The maximum atomic E-state index is 12.0. The molecule has 6 nitrogen and oxygen atoms in total. The van der Waals surface area contributed by atoms with Crippen molar-refractivity contribution in [3.8, 4) is 0 Å². The number of pyridine rings is 1. The van der Waals surface area contributed by atoms with Crippen molar-refractivity contribution in [2.24, 2.45) is 0 Å². The summed E-state index contributed by atoms with van der Waals surface area (Å²) < 4.78 is 1.70. The fourth-order valence-corrected chi connectivity index (χ4v) is 2.98. The molecular weight excluding hydrogens is 349 g/mol. The van der Waals surface area contributed by atoms with E-state index < -0.39 is 6.03 Å². The van der Waals surface area contributed by atoms with Crippen molar-refractivity contribution in [2.45, 2.75) is 13.0 Å². The van der Waals surface area contributed by atoms with Crippen LogP contribution in [0.1, 0.15) is 12.0 Å². The van der Waals surface area contributed by atoms with Crippen molar-refractivity contribution >= 4 is 11.9 Å². The van der Waals surface area contributed by atoms with Crippen LogP contribution < -0.4 is 32.4 Å². The number of alkyl halides is 1. The Balaban J connectivity index is 2.17. The van der Waals surface area contributed by atoms with Gasteiger partial charge in [0.05, 0.1) is 0 Å².